The van der Waals surface area contributed by atoms with Gasteiger partial charge in [-0.2, -0.15) is 0 Å². The Bertz CT molecular complexity index is 5190. The monoisotopic (exact) mass is 1910 g/mol. The van der Waals surface area contributed by atoms with Crippen LogP contribution in [0.25, 0.3) is 0 Å². The van der Waals surface area contributed by atoms with Gasteiger partial charge in [-0.3, -0.25) is 43.2 Å². The standard InChI is InChI=1S/C28H29F5N4O8.C27H27F5N4O8.C27H26F5N3O9/c1-10-24(39)14(7-13-16(29)18(31)20(33)19(32)17(13)30)35-25(40)21(36-26(41)22-15(38)5-4-6-34-22)11(2)45-28(43)23(12-8-44-9-12)37(3)27(10)42;1-9-23(38)13(6-12-15(28)17(30)19(32)18(31)16(12)29)34-25(40)20(35-26(41)22-14(37)4-3-5-33-22)10(2)44-27(42)21(36-24(9)39)11-7-43-8-11;1-9-22(37)13(6-12-15(28)17(30)19(32)18(31)16(12)29)34-24(38)20(35-25(39)21-14(36)4-3-5-33-21)10(2)43-27(41)23(44-26(9)40)11-7-42-8-11/h4-6,10-12,14,21,23-24,38-39H,7-9H2,1-3H3,(H,35,40)(H,36,41);3-5,9-11,13,20-21,23,37-38H,6-8H2,1-2H3,(H,34,40)(H,35,41)(H,36,39);3-5,9-11,13,20,22-23,36-37H,6-8H2,1-2H3,(H,34,38)(H,35,39)/t10-,11-,14+,21+,23?,24+;9-,10-,13+,20+,21?,23+;9-,10-,13+,20+,22+,23?/m111/s1. The van der Waals surface area contributed by atoms with Gasteiger partial charge >= 0.3 is 23.9 Å². The molecule has 6 aromatic rings. The molecule has 720 valence electrons. The number of aromatic nitrogens is 3. The van der Waals surface area contributed by atoms with E-state index < -0.39 is 355 Å². The lowest BCUT2D eigenvalue weighted by atomic mass is 9.89. The number of aliphatic hydroxyl groups excluding tert-OH is 3. The number of carbonyl (C=O) groups is 12. The molecule has 0 aliphatic carbocycles. The number of aliphatic hydroxyl groups is 3. The average molecular weight is 1910 g/mol. The summed E-state index contributed by atoms with van der Waals surface area (Å²) in [7, 11) is 1.23. The number of cyclic esters (lactones) is 4. The smallest absolute Gasteiger partial charge is 0.348 e. The third-order valence-electron chi connectivity index (χ3n) is 22.5. The van der Waals surface area contributed by atoms with E-state index in [4.69, 9.17) is 33.2 Å². The third-order valence-corrected chi connectivity index (χ3v) is 22.5. The van der Waals surface area contributed by atoms with Crippen molar-refractivity contribution >= 4 is 71.1 Å². The molecule has 51 heteroatoms. The van der Waals surface area contributed by atoms with Crippen molar-refractivity contribution in [1.29, 1.82) is 0 Å². The Hall–Kier alpha value is -13.1. The molecule has 3 unspecified atom stereocenters. The van der Waals surface area contributed by atoms with Gasteiger partial charge in [0.05, 0.1) is 99.8 Å². The van der Waals surface area contributed by atoms with E-state index in [1.807, 2.05) is 0 Å². The molecule has 6 aliphatic heterocycles. The molecule has 3 aromatic carbocycles. The molecule has 18 atom stereocenters. The van der Waals surface area contributed by atoms with Gasteiger partial charge < -0.3 is 106 Å². The zero-order chi connectivity index (χ0) is 98.2. The van der Waals surface area contributed by atoms with Crippen molar-refractivity contribution in [2.24, 2.45) is 35.5 Å². The number of ether oxygens (including phenoxy) is 7. The van der Waals surface area contributed by atoms with E-state index in [0.717, 1.165) is 62.5 Å². The summed E-state index contributed by atoms with van der Waals surface area (Å²) in [5.74, 6) is -56.0. The van der Waals surface area contributed by atoms with Gasteiger partial charge in [0.15, 0.2) is 86.9 Å². The van der Waals surface area contributed by atoms with Gasteiger partial charge in [-0.25, -0.2) is 95.2 Å². The predicted molar refractivity (Wildman–Crippen MR) is 411 cm³/mol. The first kappa shape index (κ1) is 102. The van der Waals surface area contributed by atoms with Crippen LogP contribution in [0.1, 0.15) is 89.7 Å². The number of amides is 8. The van der Waals surface area contributed by atoms with Gasteiger partial charge in [-0.15, -0.1) is 0 Å². The lowest BCUT2D eigenvalue weighted by molar-refractivity contribution is -0.192. The van der Waals surface area contributed by atoms with Crippen molar-refractivity contribution in [3.8, 4) is 17.2 Å². The molecule has 0 saturated carbocycles. The maximum atomic E-state index is 14.7. The minimum atomic E-state index is -2.44. The fraction of sp³-hybridized carbons (Fsp3) is 0.451. The number of halogens is 15. The van der Waals surface area contributed by atoms with Crippen LogP contribution in [0.3, 0.4) is 0 Å². The van der Waals surface area contributed by atoms with Crippen LogP contribution in [0, 0.1) is 123 Å². The van der Waals surface area contributed by atoms with Crippen LogP contribution in [-0.4, -0.2) is 259 Å². The molecule has 0 radical (unpaired) electrons. The van der Waals surface area contributed by atoms with Crippen LogP contribution in [0.4, 0.5) is 65.9 Å². The maximum absolute atomic E-state index is 14.7. The number of hydrogen-bond donors (Lipinski definition) is 13. The van der Waals surface area contributed by atoms with Gasteiger partial charge in [0, 0.05) is 73.4 Å². The van der Waals surface area contributed by atoms with E-state index in [2.05, 4.69) is 52.2 Å². The molecule has 36 nitrogen and oxygen atoms in total. The Labute approximate surface area is 740 Å². The normalized spacial score (nSPS) is 26.7. The molecule has 0 spiro atoms. The molecule has 8 amide bonds. The Morgan fingerprint density at radius 2 is 0.669 bits per heavy atom. The molecule has 12 rings (SSSR count). The summed E-state index contributed by atoms with van der Waals surface area (Å²) >= 11 is 0. The molecule has 6 saturated heterocycles. The fourth-order valence-electron chi connectivity index (χ4n) is 14.4. The van der Waals surface area contributed by atoms with E-state index in [1.54, 1.807) is 0 Å². The Balaban J connectivity index is 0.000000207. The molecule has 0 bridgehead atoms. The number of likely N-dealkylation sites (N-methyl/N-ethyl adjacent to an activating group) is 1. The van der Waals surface area contributed by atoms with Crippen molar-refractivity contribution in [3.05, 3.63) is 176 Å². The molecule has 13 N–H and O–H groups in total. The lowest BCUT2D eigenvalue weighted by Gasteiger charge is -2.41. The van der Waals surface area contributed by atoms with Gasteiger partial charge in [-0.1, -0.05) is 13.8 Å². The summed E-state index contributed by atoms with van der Waals surface area (Å²) in [6.07, 6.45) is -12.5. The van der Waals surface area contributed by atoms with Crippen molar-refractivity contribution in [1.82, 2.24) is 57.1 Å². The molecule has 6 fully saturated rings. The molecule has 9 heterocycles. The van der Waals surface area contributed by atoms with Gasteiger partial charge in [0.1, 0.15) is 65.8 Å². The molecular weight excluding hydrogens is 1820 g/mol. The zero-order valence-corrected chi connectivity index (χ0v) is 70.1. The SMILES string of the molecule is C[C@H]1OC(=O)C(C2COC2)N(C)C(=O)[C@H](C)[C@H](O)[C@H](Cc2c(F)c(F)c(F)c(F)c2F)NC(=O)[C@H]1NC(=O)c1ncccc1O.C[C@H]1OC(=O)C(C2COC2)NC(=O)[C@H](C)[C@H](O)[C@H](Cc2c(F)c(F)c(F)c(F)c2F)NC(=O)[C@H]1NC(=O)c1ncccc1O.C[C@H]1OC(=O)C(C2COC2)OC(=O)[C@H](C)[C@H](O)[C@H](Cc2c(F)c(F)c(F)c(F)c2F)NC(=O)[C@H]1NC(=O)c1ncccc1O. The third kappa shape index (κ3) is 22.3. The van der Waals surface area contributed by atoms with Crippen LogP contribution >= 0.6 is 0 Å². The highest BCUT2D eigenvalue weighted by atomic mass is 19.2. The number of nitrogens with one attached hydrogen (secondary N) is 7. The number of benzene rings is 3. The van der Waals surface area contributed by atoms with Gasteiger partial charge in [0.2, 0.25) is 53.1 Å². The number of esters is 4. The van der Waals surface area contributed by atoms with Crippen molar-refractivity contribution in [2.45, 2.75) is 152 Å². The second kappa shape index (κ2) is 43.0. The topological polar surface area (TPSA) is 517 Å². The molecule has 6 aliphatic rings. The maximum Gasteiger partial charge on any atom is 0.348 e. The van der Waals surface area contributed by atoms with Crippen LogP contribution in [0.2, 0.25) is 0 Å². The zero-order valence-electron chi connectivity index (χ0n) is 70.1. The van der Waals surface area contributed by atoms with Crippen LogP contribution < -0.4 is 37.2 Å². The Morgan fingerprint density at radius 3 is 0.977 bits per heavy atom. The van der Waals surface area contributed by atoms with E-state index in [-0.39, 0.29) is 39.6 Å². The number of nitrogens with zero attached hydrogens (tertiary/aromatic N) is 4. The van der Waals surface area contributed by atoms with E-state index in [9.17, 15) is 154 Å². The quantitative estimate of drug-likeness (QED) is 0.0230. The minimum absolute atomic E-state index is 0.0269. The fourth-order valence-corrected chi connectivity index (χ4v) is 14.4. The summed E-state index contributed by atoms with van der Waals surface area (Å²) in [4.78, 5) is 171. The number of rotatable bonds is 15. The van der Waals surface area contributed by atoms with Crippen molar-refractivity contribution in [3.63, 3.8) is 0 Å². The molecular formula is C82H82F15N11O25. The first-order chi connectivity index (χ1) is 62.6. The summed E-state index contributed by atoms with van der Waals surface area (Å²) in [5, 5.41) is 79.1. The first-order valence-corrected chi connectivity index (χ1v) is 40.0. The second-order valence-electron chi connectivity index (χ2n) is 31.5. The summed E-state index contributed by atoms with van der Waals surface area (Å²) in [6, 6.07) is -6.60. The minimum Gasteiger partial charge on any atom is -0.505 e. The summed E-state index contributed by atoms with van der Waals surface area (Å²) < 4.78 is 250. The van der Waals surface area contributed by atoms with Gasteiger partial charge in [0.25, 0.3) is 17.7 Å². The predicted octanol–water partition coefficient (Wildman–Crippen LogP) is 1.92. The van der Waals surface area contributed by atoms with E-state index in [1.165, 1.54) is 46.0 Å². The Kier molecular flexibility index (Phi) is 33.0. The molecule has 3 aromatic heterocycles. The highest BCUT2D eigenvalue weighted by Gasteiger charge is 2.50. The lowest BCUT2D eigenvalue weighted by Crippen LogP contribution is -2.62. The summed E-state index contributed by atoms with van der Waals surface area (Å²) in [6.45, 7) is 7.01. The van der Waals surface area contributed by atoms with E-state index in [0.29, 0.717) is 0 Å². The number of carbonyl (C=O) groups excluding carboxylic acids is 12. The van der Waals surface area contributed by atoms with Gasteiger partial charge in [-0.05, 0) is 64.1 Å². The highest BCUT2D eigenvalue weighted by Crippen LogP contribution is 2.34. The number of pyridine rings is 3. The highest BCUT2D eigenvalue weighted by molar-refractivity contribution is 6.01. The average Bonchev–Trinajstić information content (AvgIpc) is 0.776. The van der Waals surface area contributed by atoms with E-state index >= 15 is 0 Å². The van der Waals surface area contributed by atoms with Crippen LogP contribution in [0.15, 0.2) is 55.0 Å². The largest absolute Gasteiger partial charge is 0.505 e. The first-order valence-electron chi connectivity index (χ1n) is 40.0. The van der Waals surface area contributed by atoms with Crippen LogP contribution in [-0.2, 0) is 95.6 Å². The van der Waals surface area contributed by atoms with Crippen molar-refractivity contribution in [2.75, 3.05) is 46.7 Å². The second-order valence-corrected chi connectivity index (χ2v) is 31.5. The van der Waals surface area contributed by atoms with Crippen LogP contribution in [0.5, 0.6) is 17.2 Å². The number of aromatic hydroxyl groups is 3. The Morgan fingerprint density at radius 1 is 0.376 bits per heavy atom. The molecule has 133 heavy (non-hydrogen) atoms. The van der Waals surface area contributed by atoms with Crippen molar-refractivity contribution < 1.29 is 187 Å². The summed E-state index contributed by atoms with van der Waals surface area (Å²) in [5.41, 5.74) is -5.81. The number of hydrogen-bond acceptors (Lipinski definition) is 28.